The molecule has 0 spiro atoms. The summed E-state index contributed by atoms with van der Waals surface area (Å²) >= 11 is 0. The fourth-order valence-electron chi connectivity index (χ4n) is 2.37. The monoisotopic (exact) mass is 259 g/mol. The number of pyridine rings is 1. The smallest absolute Gasteiger partial charge is 0.353 e. The van der Waals surface area contributed by atoms with E-state index in [4.69, 9.17) is 0 Å². The van der Waals surface area contributed by atoms with Gasteiger partial charge in [-0.2, -0.15) is 13.2 Å². The van der Waals surface area contributed by atoms with Crippen LogP contribution in [0.4, 0.5) is 19.0 Å². The van der Waals surface area contributed by atoms with Crippen molar-refractivity contribution >= 4 is 5.82 Å². The van der Waals surface area contributed by atoms with E-state index in [0.717, 1.165) is 6.07 Å². The van der Waals surface area contributed by atoms with Gasteiger partial charge in [0, 0.05) is 31.4 Å². The molecule has 2 atom stereocenters. The number of aromatic nitrogens is 1. The first-order valence-corrected chi connectivity index (χ1v) is 5.91. The zero-order chi connectivity index (χ0) is 13.3. The lowest BCUT2D eigenvalue weighted by Crippen LogP contribution is -2.54. The van der Waals surface area contributed by atoms with Crippen molar-refractivity contribution in [2.75, 3.05) is 18.0 Å². The number of piperazine rings is 1. The highest BCUT2D eigenvalue weighted by molar-refractivity contribution is 5.49. The first kappa shape index (κ1) is 13.1. The molecule has 1 aliphatic rings. The predicted octanol–water partition coefficient (Wildman–Crippen LogP) is 2.29. The molecule has 0 aromatic carbocycles. The van der Waals surface area contributed by atoms with Gasteiger partial charge in [-0.25, -0.2) is 4.98 Å². The summed E-state index contributed by atoms with van der Waals surface area (Å²) in [7, 11) is 0. The van der Waals surface area contributed by atoms with Gasteiger partial charge in [0.05, 0.1) is 5.56 Å². The van der Waals surface area contributed by atoms with E-state index in [0.29, 0.717) is 13.1 Å². The highest BCUT2D eigenvalue weighted by atomic mass is 19.4. The summed E-state index contributed by atoms with van der Waals surface area (Å²) in [5.74, 6) is 0.0326. The molecule has 0 bridgehead atoms. The number of rotatable bonds is 1. The van der Waals surface area contributed by atoms with Crippen molar-refractivity contribution in [1.82, 2.24) is 10.3 Å². The largest absolute Gasteiger partial charge is 0.419 e. The van der Waals surface area contributed by atoms with Crippen LogP contribution in [0.1, 0.15) is 19.4 Å². The Bertz CT molecular complexity index is 409. The van der Waals surface area contributed by atoms with Gasteiger partial charge in [-0.15, -0.1) is 0 Å². The Kier molecular flexibility index (Phi) is 3.47. The molecule has 1 aromatic heterocycles. The number of nitrogens with one attached hydrogen (secondary N) is 1. The van der Waals surface area contributed by atoms with Crippen LogP contribution >= 0.6 is 0 Å². The van der Waals surface area contributed by atoms with Crippen LogP contribution in [0.3, 0.4) is 0 Å². The molecule has 2 rings (SSSR count). The van der Waals surface area contributed by atoms with Gasteiger partial charge in [0.25, 0.3) is 0 Å². The van der Waals surface area contributed by atoms with E-state index < -0.39 is 11.7 Å². The molecule has 1 saturated heterocycles. The van der Waals surface area contributed by atoms with Gasteiger partial charge in [0.2, 0.25) is 0 Å². The third-order valence-electron chi connectivity index (χ3n) is 2.95. The lowest BCUT2D eigenvalue weighted by atomic mass is 10.1. The third-order valence-corrected chi connectivity index (χ3v) is 2.95. The van der Waals surface area contributed by atoms with E-state index in [-0.39, 0.29) is 17.9 Å². The quantitative estimate of drug-likeness (QED) is 0.838. The zero-order valence-electron chi connectivity index (χ0n) is 10.3. The minimum Gasteiger partial charge on any atom is -0.353 e. The standard InChI is InChI=1S/C12H16F3N3/c1-8-6-18(7-9(2)17-8)11-10(12(13,14)15)4-3-5-16-11/h3-5,8-9,17H,6-7H2,1-2H3. The lowest BCUT2D eigenvalue weighted by Gasteiger charge is -2.37. The first-order chi connectivity index (χ1) is 8.38. The molecular formula is C12H16F3N3. The number of nitrogens with zero attached hydrogens (tertiary/aromatic N) is 2. The lowest BCUT2D eigenvalue weighted by molar-refractivity contribution is -0.137. The molecule has 0 saturated carbocycles. The molecule has 6 heteroatoms. The molecule has 1 aromatic rings. The topological polar surface area (TPSA) is 28.2 Å². The van der Waals surface area contributed by atoms with E-state index in [1.165, 1.54) is 12.3 Å². The molecule has 1 N–H and O–H groups in total. The van der Waals surface area contributed by atoms with Crippen molar-refractivity contribution in [3.8, 4) is 0 Å². The van der Waals surface area contributed by atoms with Crippen molar-refractivity contribution in [3.63, 3.8) is 0 Å². The second-order valence-electron chi connectivity index (χ2n) is 4.75. The summed E-state index contributed by atoms with van der Waals surface area (Å²) in [6.45, 7) is 4.98. The normalized spacial score (nSPS) is 25.3. The predicted molar refractivity (Wildman–Crippen MR) is 63.5 cm³/mol. The van der Waals surface area contributed by atoms with Crippen LogP contribution in [0.2, 0.25) is 0 Å². The SMILES string of the molecule is CC1CN(c2ncccc2C(F)(F)F)CC(C)N1. The Balaban J connectivity index is 2.33. The highest BCUT2D eigenvalue weighted by Crippen LogP contribution is 2.35. The van der Waals surface area contributed by atoms with Gasteiger partial charge in [-0.1, -0.05) is 0 Å². The minimum absolute atomic E-state index is 0.0326. The van der Waals surface area contributed by atoms with Crippen LogP contribution in [0, 0.1) is 0 Å². The minimum atomic E-state index is -4.36. The molecule has 0 amide bonds. The van der Waals surface area contributed by atoms with Crippen LogP contribution in [0.25, 0.3) is 0 Å². The van der Waals surface area contributed by atoms with Gasteiger partial charge in [-0.05, 0) is 26.0 Å². The van der Waals surface area contributed by atoms with Crippen molar-refractivity contribution in [1.29, 1.82) is 0 Å². The van der Waals surface area contributed by atoms with Gasteiger partial charge in [0.1, 0.15) is 5.82 Å². The van der Waals surface area contributed by atoms with Crippen LogP contribution in [-0.2, 0) is 6.18 Å². The van der Waals surface area contributed by atoms with E-state index in [1.807, 2.05) is 13.8 Å². The Morgan fingerprint density at radius 2 is 1.89 bits per heavy atom. The van der Waals surface area contributed by atoms with Gasteiger partial charge < -0.3 is 10.2 Å². The number of hydrogen-bond donors (Lipinski definition) is 1. The van der Waals surface area contributed by atoms with Gasteiger partial charge in [0.15, 0.2) is 0 Å². The van der Waals surface area contributed by atoms with Crippen molar-refractivity contribution in [2.24, 2.45) is 0 Å². The van der Waals surface area contributed by atoms with Crippen LogP contribution < -0.4 is 10.2 Å². The Morgan fingerprint density at radius 1 is 1.28 bits per heavy atom. The van der Waals surface area contributed by atoms with Gasteiger partial charge in [-0.3, -0.25) is 0 Å². The molecule has 3 nitrogen and oxygen atoms in total. The maximum Gasteiger partial charge on any atom is 0.419 e. The summed E-state index contributed by atoms with van der Waals surface area (Å²) in [6, 6.07) is 2.70. The van der Waals surface area contributed by atoms with E-state index in [1.54, 1.807) is 4.90 Å². The van der Waals surface area contributed by atoms with Crippen molar-refractivity contribution in [3.05, 3.63) is 23.9 Å². The molecule has 2 unspecified atom stereocenters. The van der Waals surface area contributed by atoms with Gasteiger partial charge >= 0.3 is 6.18 Å². The molecular weight excluding hydrogens is 243 g/mol. The number of hydrogen-bond acceptors (Lipinski definition) is 3. The van der Waals surface area contributed by atoms with E-state index in [9.17, 15) is 13.2 Å². The highest BCUT2D eigenvalue weighted by Gasteiger charge is 2.36. The fraction of sp³-hybridized carbons (Fsp3) is 0.583. The Morgan fingerprint density at radius 3 is 2.44 bits per heavy atom. The summed E-state index contributed by atoms with van der Waals surface area (Å²) in [5, 5.41) is 3.29. The van der Waals surface area contributed by atoms with E-state index in [2.05, 4.69) is 10.3 Å². The number of alkyl halides is 3. The molecule has 18 heavy (non-hydrogen) atoms. The maximum atomic E-state index is 12.9. The summed E-state index contributed by atoms with van der Waals surface area (Å²) in [5.41, 5.74) is -0.661. The van der Waals surface area contributed by atoms with Crippen molar-refractivity contribution < 1.29 is 13.2 Å². The molecule has 1 fully saturated rings. The third kappa shape index (κ3) is 2.75. The fourth-order valence-corrected chi connectivity index (χ4v) is 2.37. The molecule has 0 radical (unpaired) electrons. The Labute approximate surface area is 104 Å². The summed E-state index contributed by atoms with van der Waals surface area (Å²) < 4.78 is 38.7. The molecule has 100 valence electrons. The first-order valence-electron chi connectivity index (χ1n) is 5.91. The Hall–Kier alpha value is -1.30. The van der Waals surface area contributed by atoms with Crippen LogP contribution in [0.15, 0.2) is 18.3 Å². The molecule has 0 aliphatic carbocycles. The van der Waals surface area contributed by atoms with Crippen molar-refractivity contribution in [2.45, 2.75) is 32.1 Å². The van der Waals surface area contributed by atoms with Crippen LogP contribution in [-0.4, -0.2) is 30.2 Å². The number of anilines is 1. The summed E-state index contributed by atoms with van der Waals surface area (Å²) in [6.07, 6.45) is -2.96. The molecule has 2 heterocycles. The molecule has 1 aliphatic heterocycles. The average Bonchev–Trinajstić information content (AvgIpc) is 2.26. The summed E-state index contributed by atoms with van der Waals surface area (Å²) in [4.78, 5) is 5.62. The second kappa shape index (κ2) is 4.76. The number of halogens is 3. The maximum absolute atomic E-state index is 12.9. The average molecular weight is 259 g/mol. The van der Waals surface area contributed by atoms with Crippen LogP contribution in [0.5, 0.6) is 0 Å². The van der Waals surface area contributed by atoms with E-state index >= 15 is 0 Å². The zero-order valence-corrected chi connectivity index (χ0v) is 10.3. The second-order valence-corrected chi connectivity index (χ2v) is 4.75.